The Morgan fingerprint density at radius 2 is 2.11 bits per heavy atom. The van der Waals surface area contributed by atoms with Gasteiger partial charge < -0.3 is 9.64 Å². The minimum absolute atomic E-state index is 0.00413. The van der Waals surface area contributed by atoms with Crippen molar-refractivity contribution in [2.45, 2.75) is 59.0 Å². The summed E-state index contributed by atoms with van der Waals surface area (Å²) in [4.78, 5) is 27.9. The number of nitrogens with zero attached hydrogens (tertiary/aromatic N) is 3. The Labute approximate surface area is 170 Å². The smallest absolute Gasteiger partial charge is 0.410 e. The number of benzene rings is 1. The average molecular weight is 410 g/mol. The molecule has 2 heterocycles. The van der Waals surface area contributed by atoms with E-state index in [1.807, 2.05) is 11.8 Å². The van der Waals surface area contributed by atoms with Gasteiger partial charge in [0, 0.05) is 29.9 Å². The van der Waals surface area contributed by atoms with Crippen molar-refractivity contribution < 1.29 is 14.5 Å². The molecule has 0 aliphatic carbocycles. The number of rotatable bonds is 3. The van der Waals surface area contributed by atoms with Crippen LogP contribution in [0.2, 0.25) is 5.02 Å². The predicted molar refractivity (Wildman–Crippen MR) is 109 cm³/mol. The van der Waals surface area contributed by atoms with Crippen molar-refractivity contribution in [3.05, 3.63) is 32.8 Å². The van der Waals surface area contributed by atoms with Gasteiger partial charge in [0.1, 0.15) is 0 Å². The van der Waals surface area contributed by atoms with Crippen LogP contribution in [-0.4, -0.2) is 47.2 Å². The number of amides is 1. The lowest BCUT2D eigenvalue weighted by atomic mass is 9.71. The monoisotopic (exact) mass is 409 g/mol. The van der Waals surface area contributed by atoms with E-state index in [0.717, 1.165) is 18.5 Å². The summed E-state index contributed by atoms with van der Waals surface area (Å²) >= 11 is 6.20. The van der Waals surface area contributed by atoms with Gasteiger partial charge in [-0.25, -0.2) is 4.79 Å². The van der Waals surface area contributed by atoms with Gasteiger partial charge in [0.05, 0.1) is 28.7 Å². The first-order valence-corrected chi connectivity index (χ1v) is 10.0. The first kappa shape index (κ1) is 20.7. The summed E-state index contributed by atoms with van der Waals surface area (Å²) in [6, 6.07) is 3.19. The van der Waals surface area contributed by atoms with E-state index in [9.17, 15) is 14.9 Å². The van der Waals surface area contributed by atoms with Crippen LogP contribution in [0, 0.1) is 22.5 Å². The molecule has 28 heavy (non-hydrogen) atoms. The van der Waals surface area contributed by atoms with Crippen LogP contribution in [0.5, 0.6) is 0 Å². The summed E-state index contributed by atoms with van der Waals surface area (Å²) in [5.74, 6) is 0. The molecule has 2 unspecified atom stereocenters. The lowest BCUT2D eigenvalue weighted by Crippen LogP contribution is -2.68. The van der Waals surface area contributed by atoms with E-state index in [2.05, 4.69) is 25.7 Å². The van der Waals surface area contributed by atoms with Crippen LogP contribution in [0.3, 0.4) is 0 Å². The third kappa shape index (κ3) is 3.19. The molecule has 2 aliphatic rings. The molecule has 0 N–H and O–H groups in total. The number of hydrogen-bond donors (Lipinski definition) is 0. The number of fused-ring (bicyclic) bond motifs is 2. The first-order chi connectivity index (χ1) is 13.0. The molecule has 2 saturated heterocycles. The Morgan fingerprint density at radius 1 is 1.43 bits per heavy atom. The highest BCUT2D eigenvalue weighted by molar-refractivity contribution is 6.31. The van der Waals surface area contributed by atoms with Gasteiger partial charge in [-0.15, -0.1) is 0 Å². The average Bonchev–Trinajstić information content (AvgIpc) is 2.84. The summed E-state index contributed by atoms with van der Waals surface area (Å²) in [6.07, 6.45) is 1.49. The molecule has 0 spiro atoms. The molecule has 1 aromatic carbocycles. The van der Waals surface area contributed by atoms with E-state index < -0.39 is 10.5 Å². The Hall–Kier alpha value is -2.02. The van der Waals surface area contributed by atoms with Gasteiger partial charge in [-0.1, -0.05) is 32.4 Å². The molecule has 7 nitrogen and oxygen atoms in total. The van der Waals surface area contributed by atoms with Crippen LogP contribution in [0.15, 0.2) is 12.1 Å². The third-order valence-electron chi connectivity index (χ3n) is 6.32. The van der Waals surface area contributed by atoms with E-state index in [0.29, 0.717) is 30.3 Å². The van der Waals surface area contributed by atoms with Crippen LogP contribution in [0.1, 0.15) is 46.1 Å². The fourth-order valence-corrected chi connectivity index (χ4v) is 5.02. The number of ether oxygens (including phenoxy) is 1. The lowest BCUT2D eigenvalue weighted by Gasteiger charge is -2.55. The number of carbonyl (C=O) groups excluding carboxylic acids is 1. The molecule has 0 radical (unpaired) electrons. The molecular weight excluding hydrogens is 382 g/mol. The molecule has 2 atom stereocenters. The van der Waals surface area contributed by atoms with Crippen LogP contribution in [0.25, 0.3) is 0 Å². The molecular formula is C20H28ClN3O4. The van der Waals surface area contributed by atoms with E-state index in [1.165, 1.54) is 6.07 Å². The number of piperazine rings is 1. The Morgan fingerprint density at radius 3 is 2.68 bits per heavy atom. The number of nitro benzene ring substituents is 1. The third-order valence-corrected chi connectivity index (χ3v) is 6.53. The first-order valence-electron chi connectivity index (χ1n) is 9.67. The van der Waals surface area contributed by atoms with Gasteiger partial charge in [-0.2, -0.15) is 0 Å². The SMILES string of the molecule is CCOC(=O)N1C2CCC1(C(C)(C)C)CN(c1cc(Cl)cc([N+](=O)[O-])c1C)C2. The number of halogens is 1. The van der Waals surface area contributed by atoms with Gasteiger partial charge in [-0.3, -0.25) is 15.0 Å². The molecule has 1 aromatic rings. The van der Waals surface area contributed by atoms with Crippen molar-refractivity contribution in [3.8, 4) is 0 Å². The minimum Gasteiger partial charge on any atom is -0.450 e. The zero-order chi connectivity index (χ0) is 20.9. The number of hydrogen-bond acceptors (Lipinski definition) is 5. The molecule has 0 saturated carbocycles. The number of nitro groups is 1. The van der Waals surface area contributed by atoms with Gasteiger partial charge in [0.2, 0.25) is 0 Å². The highest BCUT2D eigenvalue weighted by Gasteiger charge is 2.59. The minimum atomic E-state index is -0.411. The largest absolute Gasteiger partial charge is 0.450 e. The van der Waals surface area contributed by atoms with Gasteiger partial charge in [0.25, 0.3) is 5.69 Å². The Balaban J connectivity index is 2.06. The van der Waals surface area contributed by atoms with Gasteiger partial charge in [-0.05, 0) is 38.2 Å². The van der Waals surface area contributed by atoms with E-state index in [1.54, 1.807) is 13.0 Å². The molecule has 1 amide bonds. The summed E-state index contributed by atoms with van der Waals surface area (Å²) in [5.41, 5.74) is 0.787. The second-order valence-electron chi connectivity index (χ2n) is 8.75. The van der Waals surface area contributed by atoms with E-state index in [-0.39, 0.29) is 23.2 Å². The van der Waals surface area contributed by atoms with Crippen molar-refractivity contribution >= 4 is 29.1 Å². The summed E-state index contributed by atoms with van der Waals surface area (Å²) in [7, 11) is 0. The van der Waals surface area contributed by atoms with E-state index in [4.69, 9.17) is 16.3 Å². The standard InChI is InChI=1S/C20H28ClN3O4/c1-6-28-18(25)23-15-7-8-20(23,19(3,4)5)12-22(11-15)16-9-14(21)10-17(13(16)2)24(26)27/h9-10,15H,6-8,11-12H2,1-5H3. The zero-order valence-corrected chi connectivity index (χ0v) is 17.9. The Bertz CT molecular complexity index is 807. The second kappa shape index (κ2) is 7.10. The van der Waals surface area contributed by atoms with Crippen LogP contribution in [0.4, 0.5) is 16.2 Å². The molecule has 2 fully saturated rings. The van der Waals surface area contributed by atoms with Crippen molar-refractivity contribution in [1.29, 1.82) is 0 Å². The summed E-state index contributed by atoms with van der Waals surface area (Å²) in [5, 5.41) is 11.8. The zero-order valence-electron chi connectivity index (χ0n) is 17.1. The molecule has 8 heteroatoms. The van der Waals surface area contributed by atoms with Crippen molar-refractivity contribution in [2.75, 3.05) is 24.6 Å². The number of carbonyl (C=O) groups is 1. The van der Waals surface area contributed by atoms with Crippen LogP contribution in [-0.2, 0) is 4.74 Å². The topological polar surface area (TPSA) is 75.9 Å². The summed E-state index contributed by atoms with van der Waals surface area (Å²) < 4.78 is 5.37. The van der Waals surface area contributed by atoms with Crippen LogP contribution < -0.4 is 4.90 Å². The van der Waals surface area contributed by atoms with Gasteiger partial charge in [0.15, 0.2) is 0 Å². The highest BCUT2D eigenvalue weighted by atomic mass is 35.5. The lowest BCUT2D eigenvalue weighted by molar-refractivity contribution is -0.385. The summed E-state index contributed by atoms with van der Waals surface area (Å²) in [6.45, 7) is 11.5. The van der Waals surface area contributed by atoms with Crippen molar-refractivity contribution in [2.24, 2.45) is 5.41 Å². The maximum Gasteiger partial charge on any atom is 0.410 e. The fourth-order valence-electron chi connectivity index (χ4n) is 4.81. The fraction of sp³-hybridized carbons (Fsp3) is 0.650. The molecule has 3 rings (SSSR count). The second-order valence-corrected chi connectivity index (χ2v) is 9.19. The molecule has 2 bridgehead atoms. The highest BCUT2D eigenvalue weighted by Crippen LogP contribution is 2.51. The van der Waals surface area contributed by atoms with Gasteiger partial charge >= 0.3 is 6.09 Å². The Kier molecular flexibility index (Phi) is 5.25. The normalized spacial score (nSPS) is 24.4. The maximum atomic E-state index is 12.8. The van der Waals surface area contributed by atoms with Crippen molar-refractivity contribution in [1.82, 2.24) is 4.90 Å². The van der Waals surface area contributed by atoms with Crippen LogP contribution >= 0.6 is 11.6 Å². The molecule has 0 aromatic heterocycles. The quantitative estimate of drug-likeness (QED) is 0.530. The number of anilines is 1. The maximum absolute atomic E-state index is 12.8. The predicted octanol–water partition coefficient (Wildman–Crippen LogP) is 4.78. The van der Waals surface area contributed by atoms with Crippen molar-refractivity contribution in [3.63, 3.8) is 0 Å². The van der Waals surface area contributed by atoms with E-state index >= 15 is 0 Å². The molecule has 154 valence electrons. The molecule has 2 aliphatic heterocycles.